The van der Waals surface area contributed by atoms with Crippen LogP contribution in [0.15, 0.2) is 12.2 Å². The van der Waals surface area contributed by atoms with E-state index in [0.29, 0.717) is 24.2 Å². The van der Waals surface area contributed by atoms with Crippen molar-refractivity contribution in [3.05, 3.63) is 23.8 Å². The molecule has 7 nitrogen and oxygen atoms in total. The lowest BCUT2D eigenvalue weighted by Gasteiger charge is -2.18. The standard InChI is InChI=1S/C18H29N5O2/c24-18(19-12-14-6-4-2-1-3-5-7-14)20-13-16-21-17(23-22-16)15-8-10-25-11-9-15/h1-2,14-15H,3-13H2,(H2,19,20,24)(H,21,22,23)/b2-1-. The first-order valence-electron chi connectivity index (χ1n) is 9.47. The highest BCUT2D eigenvalue weighted by molar-refractivity contribution is 5.73. The smallest absolute Gasteiger partial charge is 0.315 e. The van der Waals surface area contributed by atoms with Gasteiger partial charge in [-0.15, -0.1) is 0 Å². The average Bonchev–Trinajstić information content (AvgIpc) is 3.09. The van der Waals surface area contributed by atoms with Crippen LogP contribution in [0.2, 0.25) is 0 Å². The van der Waals surface area contributed by atoms with E-state index in [2.05, 4.69) is 38.0 Å². The summed E-state index contributed by atoms with van der Waals surface area (Å²) in [6.07, 6.45) is 12.2. The lowest BCUT2D eigenvalue weighted by Crippen LogP contribution is -2.38. The van der Waals surface area contributed by atoms with Crippen molar-refractivity contribution in [3.63, 3.8) is 0 Å². The van der Waals surface area contributed by atoms with E-state index in [9.17, 15) is 4.79 Å². The molecule has 0 aromatic carbocycles. The Morgan fingerprint density at radius 2 is 2.00 bits per heavy atom. The van der Waals surface area contributed by atoms with Crippen molar-refractivity contribution in [1.82, 2.24) is 25.8 Å². The molecule has 0 saturated carbocycles. The van der Waals surface area contributed by atoms with E-state index in [-0.39, 0.29) is 6.03 Å². The lowest BCUT2D eigenvalue weighted by atomic mass is 9.94. The van der Waals surface area contributed by atoms with Crippen LogP contribution in [-0.4, -0.2) is 41.0 Å². The Balaban J connectivity index is 1.37. The molecule has 1 aliphatic carbocycles. The Labute approximate surface area is 149 Å². The Morgan fingerprint density at radius 1 is 1.16 bits per heavy atom. The maximum Gasteiger partial charge on any atom is 0.315 e. The lowest BCUT2D eigenvalue weighted by molar-refractivity contribution is 0.0836. The molecule has 0 bridgehead atoms. The van der Waals surface area contributed by atoms with Crippen LogP contribution in [0, 0.1) is 5.92 Å². The van der Waals surface area contributed by atoms with Crippen LogP contribution in [0.4, 0.5) is 4.79 Å². The number of allylic oxidation sites excluding steroid dienone is 2. The summed E-state index contributed by atoms with van der Waals surface area (Å²) >= 11 is 0. The molecule has 1 aliphatic heterocycles. The molecule has 1 atom stereocenters. The molecule has 2 heterocycles. The van der Waals surface area contributed by atoms with Gasteiger partial charge in [-0.05, 0) is 50.9 Å². The van der Waals surface area contributed by atoms with Gasteiger partial charge in [0, 0.05) is 25.7 Å². The van der Waals surface area contributed by atoms with Gasteiger partial charge in [-0.25, -0.2) is 9.78 Å². The highest BCUT2D eigenvalue weighted by Crippen LogP contribution is 2.23. The molecule has 3 rings (SSSR count). The normalized spacial score (nSPS) is 23.4. The fourth-order valence-electron chi connectivity index (χ4n) is 3.43. The van der Waals surface area contributed by atoms with Crippen molar-refractivity contribution in [2.75, 3.05) is 19.8 Å². The second-order valence-corrected chi connectivity index (χ2v) is 6.94. The molecular formula is C18H29N5O2. The summed E-state index contributed by atoms with van der Waals surface area (Å²) in [4.78, 5) is 16.5. The van der Waals surface area contributed by atoms with Gasteiger partial charge in [0.2, 0.25) is 0 Å². The van der Waals surface area contributed by atoms with E-state index >= 15 is 0 Å². The van der Waals surface area contributed by atoms with Gasteiger partial charge in [-0.3, -0.25) is 5.10 Å². The quantitative estimate of drug-likeness (QED) is 0.714. The summed E-state index contributed by atoms with van der Waals surface area (Å²) in [5.74, 6) is 2.47. The van der Waals surface area contributed by atoms with Crippen LogP contribution < -0.4 is 10.6 Å². The number of aromatic amines is 1. The first kappa shape index (κ1) is 17.9. The number of carbonyl (C=O) groups is 1. The van der Waals surface area contributed by atoms with Crippen LogP contribution in [-0.2, 0) is 11.3 Å². The number of H-pyrrole nitrogens is 1. The minimum Gasteiger partial charge on any atom is -0.381 e. The molecule has 2 aliphatic rings. The van der Waals surface area contributed by atoms with Crippen molar-refractivity contribution in [3.8, 4) is 0 Å². The number of rotatable bonds is 5. The summed E-state index contributed by atoms with van der Waals surface area (Å²) < 4.78 is 5.36. The Morgan fingerprint density at radius 3 is 2.88 bits per heavy atom. The first-order valence-corrected chi connectivity index (χ1v) is 9.47. The molecule has 0 radical (unpaired) electrons. The Hall–Kier alpha value is -1.89. The number of carbonyl (C=O) groups excluding carboxylic acids is 1. The SMILES string of the molecule is O=C(NCc1nc(C2CCOCC2)n[nH]1)NCC1CC/C=C\CCC1. The molecule has 1 aromatic heterocycles. The molecule has 2 amide bonds. The zero-order valence-electron chi connectivity index (χ0n) is 14.8. The number of ether oxygens (including phenoxy) is 1. The fraction of sp³-hybridized carbons (Fsp3) is 0.722. The Kier molecular flexibility index (Phi) is 6.85. The summed E-state index contributed by atoms with van der Waals surface area (Å²) in [6.45, 7) is 2.65. The van der Waals surface area contributed by atoms with Crippen molar-refractivity contribution < 1.29 is 9.53 Å². The van der Waals surface area contributed by atoms with Crippen molar-refractivity contribution in [2.45, 2.75) is 57.4 Å². The second-order valence-electron chi connectivity index (χ2n) is 6.94. The van der Waals surface area contributed by atoms with Gasteiger partial charge < -0.3 is 15.4 Å². The van der Waals surface area contributed by atoms with Gasteiger partial charge in [-0.2, -0.15) is 5.10 Å². The molecule has 1 saturated heterocycles. The van der Waals surface area contributed by atoms with Crippen LogP contribution in [0.25, 0.3) is 0 Å². The fourth-order valence-corrected chi connectivity index (χ4v) is 3.43. The third-order valence-electron chi connectivity index (χ3n) is 4.99. The largest absolute Gasteiger partial charge is 0.381 e. The third kappa shape index (κ3) is 5.85. The summed E-state index contributed by atoms with van der Waals surface area (Å²) in [6, 6.07) is -0.137. The second kappa shape index (κ2) is 9.56. The zero-order chi connectivity index (χ0) is 17.3. The molecule has 0 spiro atoms. The minimum atomic E-state index is -0.137. The van der Waals surface area contributed by atoms with Gasteiger partial charge in [0.15, 0.2) is 5.82 Å². The van der Waals surface area contributed by atoms with Crippen LogP contribution in [0.1, 0.15) is 62.5 Å². The molecule has 1 aromatic rings. The molecule has 25 heavy (non-hydrogen) atoms. The summed E-state index contributed by atoms with van der Waals surface area (Å²) in [5, 5.41) is 13.1. The number of nitrogens with one attached hydrogen (secondary N) is 3. The average molecular weight is 347 g/mol. The number of amides is 2. The molecular weight excluding hydrogens is 318 g/mol. The van der Waals surface area contributed by atoms with E-state index in [1.165, 1.54) is 12.8 Å². The summed E-state index contributed by atoms with van der Waals surface area (Å²) in [7, 11) is 0. The molecule has 7 heteroatoms. The maximum absolute atomic E-state index is 12.0. The highest BCUT2D eigenvalue weighted by Gasteiger charge is 2.20. The highest BCUT2D eigenvalue weighted by atomic mass is 16.5. The molecule has 1 fully saturated rings. The Bertz CT molecular complexity index is 566. The van der Waals surface area contributed by atoms with E-state index < -0.39 is 0 Å². The number of hydrogen-bond acceptors (Lipinski definition) is 4. The molecule has 1 unspecified atom stereocenters. The van der Waals surface area contributed by atoms with Crippen molar-refractivity contribution >= 4 is 6.03 Å². The first-order chi connectivity index (χ1) is 12.3. The predicted octanol–water partition coefficient (Wildman–Crippen LogP) is 2.63. The van der Waals surface area contributed by atoms with E-state index in [0.717, 1.165) is 57.7 Å². The van der Waals surface area contributed by atoms with Gasteiger partial charge >= 0.3 is 6.03 Å². The van der Waals surface area contributed by atoms with E-state index in [1.807, 2.05) is 0 Å². The number of urea groups is 1. The van der Waals surface area contributed by atoms with Gasteiger partial charge in [0.05, 0.1) is 6.54 Å². The summed E-state index contributed by atoms with van der Waals surface area (Å²) in [5.41, 5.74) is 0. The van der Waals surface area contributed by atoms with Crippen LogP contribution in [0.5, 0.6) is 0 Å². The molecule has 138 valence electrons. The van der Waals surface area contributed by atoms with Gasteiger partial charge in [-0.1, -0.05) is 12.2 Å². The monoisotopic (exact) mass is 347 g/mol. The number of hydrogen-bond donors (Lipinski definition) is 3. The zero-order valence-corrected chi connectivity index (χ0v) is 14.8. The van der Waals surface area contributed by atoms with Crippen molar-refractivity contribution in [1.29, 1.82) is 0 Å². The van der Waals surface area contributed by atoms with E-state index in [1.54, 1.807) is 0 Å². The predicted molar refractivity (Wildman–Crippen MR) is 95.1 cm³/mol. The number of nitrogens with zero attached hydrogens (tertiary/aromatic N) is 2. The third-order valence-corrected chi connectivity index (χ3v) is 4.99. The van der Waals surface area contributed by atoms with E-state index in [4.69, 9.17) is 4.74 Å². The van der Waals surface area contributed by atoms with Gasteiger partial charge in [0.25, 0.3) is 0 Å². The minimum absolute atomic E-state index is 0.137. The van der Waals surface area contributed by atoms with Crippen molar-refractivity contribution in [2.24, 2.45) is 5.92 Å². The number of aromatic nitrogens is 3. The van der Waals surface area contributed by atoms with Crippen LogP contribution >= 0.6 is 0 Å². The topological polar surface area (TPSA) is 91.9 Å². The maximum atomic E-state index is 12.0. The van der Waals surface area contributed by atoms with Crippen LogP contribution in [0.3, 0.4) is 0 Å². The molecule has 3 N–H and O–H groups in total. The van der Waals surface area contributed by atoms with Gasteiger partial charge in [0.1, 0.15) is 5.82 Å².